The highest BCUT2D eigenvalue weighted by molar-refractivity contribution is 5.78. The molecule has 0 radical (unpaired) electrons. The first-order valence-electron chi connectivity index (χ1n) is 10.4. The van der Waals surface area contributed by atoms with Crippen LogP contribution in [0, 0.1) is 11.8 Å². The van der Waals surface area contributed by atoms with E-state index < -0.39 is 0 Å². The molecule has 140 valence electrons. The molecule has 1 aromatic rings. The number of hydrogen-bond acceptors (Lipinski definition) is 1. The first-order valence-corrected chi connectivity index (χ1v) is 10.4. The third-order valence-corrected chi connectivity index (χ3v) is 5.98. The second-order valence-electron chi connectivity index (χ2n) is 8.07. The Bertz CT molecular complexity index is 492. The van der Waals surface area contributed by atoms with Crippen LogP contribution in [0.3, 0.4) is 0 Å². The average molecular weight is 344 g/mol. The topological polar surface area (TPSA) is 20.3 Å². The van der Waals surface area contributed by atoms with Crippen molar-refractivity contribution in [2.24, 2.45) is 11.8 Å². The quantitative estimate of drug-likeness (QED) is 0.550. The zero-order valence-electron chi connectivity index (χ0n) is 16.5. The zero-order chi connectivity index (χ0) is 18.1. The summed E-state index contributed by atoms with van der Waals surface area (Å²) >= 11 is 0. The third-order valence-electron chi connectivity index (χ3n) is 5.98. The Morgan fingerprint density at radius 3 is 2.48 bits per heavy atom. The van der Waals surface area contributed by atoms with Crippen molar-refractivity contribution in [2.45, 2.75) is 84.1 Å². The SMILES string of the molecule is CCCCC(CC1CCCCC1)C(=O)N(C)C(C)Cc1ccccc1. The highest BCUT2D eigenvalue weighted by Crippen LogP contribution is 2.31. The fourth-order valence-corrected chi connectivity index (χ4v) is 4.22. The summed E-state index contributed by atoms with van der Waals surface area (Å²) in [5, 5.41) is 0. The molecule has 0 bridgehead atoms. The maximum atomic E-state index is 13.2. The summed E-state index contributed by atoms with van der Waals surface area (Å²) in [6, 6.07) is 10.8. The number of nitrogens with zero attached hydrogens (tertiary/aromatic N) is 1. The van der Waals surface area contributed by atoms with Gasteiger partial charge in [0.05, 0.1) is 0 Å². The summed E-state index contributed by atoms with van der Waals surface area (Å²) in [5.41, 5.74) is 1.31. The standard InChI is InChI=1S/C23H37NO/c1-4-5-16-22(18-21-14-10-7-11-15-21)23(25)24(3)19(2)17-20-12-8-6-9-13-20/h6,8-9,12-13,19,21-22H,4-5,7,10-11,14-18H2,1-3H3. The largest absolute Gasteiger partial charge is 0.342 e. The molecule has 2 unspecified atom stereocenters. The van der Waals surface area contributed by atoms with E-state index in [1.54, 1.807) is 0 Å². The lowest BCUT2D eigenvalue weighted by Crippen LogP contribution is -2.41. The second-order valence-corrected chi connectivity index (χ2v) is 8.07. The molecule has 1 aliphatic rings. The van der Waals surface area contributed by atoms with Gasteiger partial charge < -0.3 is 4.90 Å². The lowest BCUT2D eigenvalue weighted by atomic mass is 9.81. The Labute approximate surface area is 155 Å². The van der Waals surface area contributed by atoms with Crippen LogP contribution < -0.4 is 0 Å². The van der Waals surface area contributed by atoms with Crippen LogP contribution in [-0.2, 0) is 11.2 Å². The van der Waals surface area contributed by atoms with E-state index >= 15 is 0 Å². The van der Waals surface area contributed by atoms with Crippen molar-refractivity contribution >= 4 is 5.91 Å². The van der Waals surface area contributed by atoms with Gasteiger partial charge in [0.1, 0.15) is 0 Å². The van der Waals surface area contributed by atoms with Crippen LogP contribution in [0.25, 0.3) is 0 Å². The minimum atomic E-state index is 0.228. The van der Waals surface area contributed by atoms with Gasteiger partial charge in [-0.3, -0.25) is 4.79 Å². The van der Waals surface area contributed by atoms with Gasteiger partial charge in [-0.05, 0) is 37.7 Å². The molecule has 0 spiro atoms. The molecule has 25 heavy (non-hydrogen) atoms. The molecule has 1 saturated carbocycles. The summed E-state index contributed by atoms with van der Waals surface area (Å²) in [4.78, 5) is 15.2. The number of likely N-dealkylation sites (N-methyl/N-ethyl adjacent to an activating group) is 1. The minimum absolute atomic E-state index is 0.228. The highest BCUT2D eigenvalue weighted by atomic mass is 16.2. The average Bonchev–Trinajstić information content (AvgIpc) is 2.65. The normalized spacial score (nSPS) is 17.9. The van der Waals surface area contributed by atoms with E-state index in [0.717, 1.165) is 25.2 Å². The van der Waals surface area contributed by atoms with Gasteiger partial charge in [0.25, 0.3) is 0 Å². The number of carbonyl (C=O) groups excluding carboxylic acids is 1. The van der Waals surface area contributed by atoms with Crippen molar-refractivity contribution in [3.63, 3.8) is 0 Å². The van der Waals surface area contributed by atoms with Crippen LogP contribution in [0.4, 0.5) is 0 Å². The van der Waals surface area contributed by atoms with Gasteiger partial charge in [-0.2, -0.15) is 0 Å². The maximum absolute atomic E-state index is 13.2. The summed E-state index contributed by atoms with van der Waals surface area (Å²) in [7, 11) is 2.01. The second kappa shape index (κ2) is 10.6. The minimum Gasteiger partial charge on any atom is -0.342 e. The fraction of sp³-hybridized carbons (Fsp3) is 0.696. The number of carbonyl (C=O) groups is 1. The van der Waals surface area contributed by atoms with Gasteiger partial charge in [0.2, 0.25) is 5.91 Å². The zero-order valence-corrected chi connectivity index (χ0v) is 16.5. The smallest absolute Gasteiger partial charge is 0.225 e. The van der Waals surface area contributed by atoms with Crippen LogP contribution in [0.5, 0.6) is 0 Å². The van der Waals surface area contributed by atoms with Crippen LogP contribution >= 0.6 is 0 Å². The lowest BCUT2D eigenvalue weighted by molar-refractivity contribution is -0.137. The van der Waals surface area contributed by atoms with Crippen LogP contribution in [0.15, 0.2) is 30.3 Å². The predicted octanol–water partition coefficient (Wildman–Crippen LogP) is 5.85. The molecular weight excluding hydrogens is 306 g/mol. The molecule has 1 fully saturated rings. The van der Waals surface area contributed by atoms with Crippen LogP contribution in [-0.4, -0.2) is 23.9 Å². The van der Waals surface area contributed by atoms with Crippen molar-refractivity contribution in [1.82, 2.24) is 4.90 Å². The van der Waals surface area contributed by atoms with Crippen molar-refractivity contribution in [1.29, 1.82) is 0 Å². The molecule has 0 aliphatic heterocycles. The van der Waals surface area contributed by atoms with Gasteiger partial charge >= 0.3 is 0 Å². The Kier molecular flexibility index (Phi) is 8.51. The summed E-state index contributed by atoms with van der Waals surface area (Å²) < 4.78 is 0. The molecule has 0 N–H and O–H groups in total. The van der Waals surface area contributed by atoms with Gasteiger partial charge in [0.15, 0.2) is 0 Å². The lowest BCUT2D eigenvalue weighted by Gasteiger charge is -2.32. The van der Waals surface area contributed by atoms with E-state index in [1.165, 1.54) is 50.5 Å². The van der Waals surface area contributed by atoms with Crippen molar-refractivity contribution in [3.8, 4) is 0 Å². The van der Waals surface area contributed by atoms with Gasteiger partial charge in [-0.1, -0.05) is 82.2 Å². The Balaban J connectivity index is 1.95. The summed E-state index contributed by atoms with van der Waals surface area (Å²) in [6.45, 7) is 4.41. The summed E-state index contributed by atoms with van der Waals surface area (Å²) in [6.07, 6.45) is 12.2. The van der Waals surface area contributed by atoms with Gasteiger partial charge in [-0.15, -0.1) is 0 Å². The van der Waals surface area contributed by atoms with E-state index in [1.807, 2.05) is 18.0 Å². The van der Waals surface area contributed by atoms with Gasteiger partial charge in [0, 0.05) is 19.0 Å². The van der Waals surface area contributed by atoms with E-state index in [9.17, 15) is 4.79 Å². The highest BCUT2D eigenvalue weighted by Gasteiger charge is 2.28. The molecule has 2 rings (SSSR count). The molecule has 2 atom stereocenters. The van der Waals surface area contributed by atoms with Crippen molar-refractivity contribution < 1.29 is 4.79 Å². The number of benzene rings is 1. The van der Waals surface area contributed by atoms with Crippen LogP contribution in [0.1, 0.15) is 77.2 Å². The Morgan fingerprint density at radius 1 is 1.16 bits per heavy atom. The van der Waals surface area contributed by atoms with E-state index in [2.05, 4.69) is 38.1 Å². The molecule has 0 heterocycles. The molecule has 0 aromatic heterocycles. The number of unbranched alkanes of at least 4 members (excludes halogenated alkanes) is 1. The molecule has 1 amide bonds. The number of rotatable bonds is 9. The van der Waals surface area contributed by atoms with Crippen molar-refractivity contribution in [2.75, 3.05) is 7.05 Å². The molecule has 1 aliphatic carbocycles. The number of hydrogen-bond donors (Lipinski definition) is 0. The monoisotopic (exact) mass is 343 g/mol. The molecule has 2 nitrogen and oxygen atoms in total. The number of amides is 1. The maximum Gasteiger partial charge on any atom is 0.225 e. The van der Waals surface area contributed by atoms with Crippen molar-refractivity contribution in [3.05, 3.63) is 35.9 Å². The van der Waals surface area contributed by atoms with E-state index in [-0.39, 0.29) is 12.0 Å². The Hall–Kier alpha value is -1.31. The first-order chi connectivity index (χ1) is 12.1. The summed E-state index contributed by atoms with van der Waals surface area (Å²) in [5.74, 6) is 1.38. The third kappa shape index (κ3) is 6.49. The molecule has 2 heteroatoms. The van der Waals surface area contributed by atoms with Crippen LogP contribution in [0.2, 0.25) is 0 Å². The predicted molar refractivity (Wildman–Crippen MR) is 107 cm³/mol. The molecule has 0 saturated heterocycles. The van der Waals surface area contributed by atoms with E-state index in [4.69, 9.17) is 0 Å². The van der Waals surface area contributed by atoms with E-state index in [0.29, 0.717) is 5.91 Å². The first kappa shape index (κ1) is 20.0. The Morgan fingerprint density at radius 2 is 1.84 bits per heavy atom. The fourth-order valence-electron chi connectivity index (χ4n) is 4.22. The molecular formula is C23H37NO. The van der Waals surface area contributed by atoms with Gasteiger partial charge in [-0.25, -0.2) is 0 Å². The molecule has 1 aromatic carbocycles.